The first-order chi connectivity index (χ1) is 12.4. The van der Waals surface area contributed by atoms with Crippen molar-refractivity contribution in [2.24, 2.45) is 11.1 Å². The van der Waals surface area contributed by atoms with E-state index < -0.39 is 5.41 Å². The van der Waals surface area contributed by atoms with Crippen LogP contribution in [0.1, 0.15) is 44.2 Å². The fourth-order valence-corrected chi connectivity index (χ4v) is 4.21. The Bertz CT molecular complexity index is 637. The van der Waals surface area contributed by atoms with E-state index in [1.165, 1.54) is 6.07 Å². The van der Waals surface area contributed by atoms with Crippen molar-refractivity contribution in [1.82, 2.24) is 10.2 Å². The highest BCUT2D eigenvalue weighted by atomic mass is 19.1. The second kappa shape index (κ2) is 7.92. The fourth-order valence-electron chi connectivity index (χ4n) is 4.21. The first kappa shape index (κ1) is 19.1. The number of anilines is 1. The summed E-state index contributed by atoms with van der Waals surface area (Å²) in [5.74, 6) is -0.257. The number of hydrogen-bond donors (Lipinski definition) is 2. The molecule has 2 aliphatic rings. The third-order valence-corrected chi connectivity index (χ3v) is 6.08. The van der Waals surface area contributed by atoms with Crippen molar-refractivity contribution in [3.8, 4) is 0 Å². The lowest BCUT2D eigenvalue weighted by Gasteiger charge is -2.36. The molecular weight excluding hydrogens is 331 g/mol. The average molecular weight is 362 g/mol. The molecule has 144 valence electrons. The molecule has 1 heterocycles. The number of halogens is 1. The lowest BCUT2D eigenvalue weighted by atomic mass is 9.85. The Balaban J connectivity index is 1.79. The van der Waals surface area contributed by atoms with Crippen LogP contribution in [-0.2, 0) is 4.79 Å². The molecule has 1 unspecified atom stereocenters. The van der Waals surface area contributed by atoms with Gasteiger partial charge in [-0.05, 0) is 45.0 Å². The summed E-state index contributed by atoms with van der Waals surface area (Å²) in [6, 6.07) is 4.65. The van der Waals surface area contributed by atoms with Crippen LogP contribution in [0.25, 0.3) is 0 Å². The Kier molecular flexibility index (Phi) is 5.82. The van der Waals surface area contributed by atoms with Gasteiger partial charge in [-0.25, -0.2) is 4.39 Å². The van der Waals surface area contributed by atoms with E-state index in [9.17, 15) is 9.18 Å². The highest BCUT2D eigenvalue weighted by molar-refractivity contribution is 5.83. The second-order valence-electron chi connectivity index (χ2n) is 7.88. The molecule has 5 nitrogen and oxygen atoms in total. The lowest BCUT2D eigenvalue weighted by Crippen LogP contribution is -2.46. The van der Waals surface area contributed by atoms with E-state index in [1.54, 1.807) is 6.07 Å². The molecule has 2 fully saturated rings. The molecule has 3 rings (SSSR count). The van der Waals surface area contributed by atoms with Gasteiger partial charge in [0.15, 0.2) is 0 Å². The summed E-state index contributed by atoms with van der Waals surface area (Å²) >= 11 is 0. The van der Waals surface area contributed by atoms with Crippen molar-refractivity contribution in [3.05, 3.63) is 29.6 Å². The number of carbonyl (C=O) groups excluding carboxylic acids is 1. The number of nitrogens with zero attached hydrogens (tertiary/aromatic N) is 2. The maximum atomic E-state index is 14.0. The minimum atomic E-state index is -0.449. The number of nitrogens with two attached hydrogens (primary N) is 1. The predicted molar refractivity (Wildman–Crippen MR) is 103 cm³/mol. The van der Waals surface area contributed by atoms with Gasteiger partial charge in [-0.1, -0.05) is 12.8 Å². The summed E-state index contributed by atoms with van der Waals surface area (Å²) in [5, 5.41) is 3.12. The molecular formula is C20H31FN4O. The van der Waals surface area contributed by atoms with E-state index in [2.05, 4.69) is 22.2 Å². The number of nitrogens with one attached hydrogen (secondary N) is 1. The smallest absolute Gasteiger partial charge is 0.227 e. The van der Waals surface area contributed by atoms with Crippen LogP contribution in [0.5, 0.6) is 0 Å². The second-order valence-corrected chi connectivity index (χ2v) is 7.88. The molecule has 1 aliphatic heterocycles. The molecule has 0 spiro atoms. The van der Waals surface area contributed by atoms with Gasteiger partial charge in [0, 0.05) is 44.0 Å². The van der Waals surface area contributed by atoms with Gasteiger partial charge in [-0.15, -0.1) is 0 Å². The number of likely N-dealkylation sites (N-methyl/N-ethyl adjacent to an activating group) is 1. The highest BCUT2D eigenvalue weighted by Crippen LogP contribution is 2.38. The molecule has 3 N–H and O–H groups in total. The van der Waals surface area contributed by atoms with Gasteiger partial charge in [0.25, 0.3) is 0 Å². The van der Waals surface area contributed by atoms with E-state index in [1.807, 2.05) is 13.0 Å². The highest BCUT2D eigenvalue weighted by Gasteiger charge is 2.40. The summed E-state index contributed by atoms with van der Waals surface area (Å²) in [7, 11) is 2.11. The Morgan fingerprint density at radius 1 is 1.27 bits per heavy atom. The zero-order valence-corrected chi connectivity index (χ0v) is 15.9. The zero-order chi connectivity index (χ0) is 18.7. The monoisotopic (exact) mass is 362 g/mol. The van der Waals surface area contributed by atoms with Crippen molar-refractivity contribution in [2.45, 2.75) is 38.6 Å². The van der Waals surface area contributed by atoms with Gasteiger partial charge in [0.2, 0.25) is 5.91 Å². The van der Waals surface area contributed by atoms with Gasteiger partial charge < -0.3 is 20.9 Å². The predicted octanol–water partition coefficient (Wildman–Crippen LogP) is 2.27. The molecule has 0 bridgehead atoms. The lowest BCUT2D eigenvalue weighted by molar-refractivity contribution is -0.131. The molecule has 1 amide bonds. The van der Waals surface area contributed by atoms with Crippen LogP contribution >= 0.6 is 0 Å². The van der Waals surface area contributed by atoms with Crippen LogP contribution in [0.2, 0.25) is 0 Å². The van der Waals surface area contributed by atoms with Gasteiger partial charge >= 0.3 is 0 Å². The first-order valence-corrected chi connectivity index (χ1v) is 9.69. The van der Waals surface area contributed by atoms with Crippen LogP contribution in [-0.4, -0.2) is 50.6 Å². The van der Waals surface area contributed by atoms with Crippen molar-refractivity contribution in [3.63, 3.8) is 0 Å². The SMILES string of the molecule is CC(NC(=O)C1(CN)CCCC1)c1cc(F)ccc1N1CCN(C)CC1. The molecule has 1 aromatic carbocycles. The number of hydrogen-bond acceptors (Lipinski definition) is 4. The third kappa shape index (κ3) is 3.86. The first-order valence-electron chi connectivity index (χ1n) is 9.69. The van der Waals surface area contributed by atoms with Crippen molar-refractivity contribution in [2.75, 3.05) is 44.7 Å². The van der Waals surface area contributed by atoms with E-state index >= 15 is 0 Å². The van der Waals surface area contributed by atoms with E-state index in [4.69, 9.17) is 5.73 Å². The molecule has 1 saturated heterocycles. The quantitative estimate of drug-likeness (QED) is 0.844. The number of piperazine rings is 1. The van der Waals surface area contributed by atoms with Crippen LogP contribution in [0.4, 0.5) is 10.1 Å². The molecule has 1 aliphatic carbocycles. The van der Waals surface area contributed by atoms with Gasteiger partial charge in [-0.3, -0.25) is 4.79 Å². The minimum Gasteiger partial charge on any atom is -0.369 e. The van der Waals surface area contributed by atoms with Crippen LogP contribution in [0, 0.1) is 11.2 Å². The molecule has 1 aromatic rings. The summed E-state index contributed by atoms with van der Waals surface area (Å²) in [6.45, 7) is 6.08. The molecule has 1 atom stereocenters. The maximum absolute atomic E-state index is 14.0. The third-order valence-electron chi connectivity index (χ3n) is 6.08. The van der Waals surface area contributed by atoms with E-state index in [0.717, 1.165) is 63.1 Å². The van der Waals surface area contributed by atoms with Gasteiger partial charge in [0.1, 0.15) is 5.82 Å². The number of benzene rings is 1. The standard InChI is InChI=1S/C20H31FN4O/c1-15(23-19(26)20(14-22)7-3-4-8-20)17-13-16(21)5-6-18(17)25-11-9-24(2)10-12-25/h5-6,13,15H,3-4,7-12,14,22H2,1-2H3,(H,23,26). The Morgan fingerprint density at radius 2 is 1.92 bits per heavy atom. The summed E-state index contributed by atoms with van der Waals surface area (Å²) in [4.78, 5) is 17.5. The normalized spacial score (nSPS) is 21.6. The van der Waals surface area contributed by atoms with Crippen molar-refractivity contribution in [1.29, 1.82) is 0 Å². The number of amides is 1. The number of rotatable bonds is 5. The number of carbonyl (C=O) groups is 1. The van der Waals surface area contributed by atoms with Crippen molar-refractivity contribution >= 4 is 11.6 Å². The largest absolute Gasteiger partial charge is 0.369 e. The molecule has 1 saturated carbocycles. The van der Waals surface area contributed by atoms with E-state index in [0.29, 0.717) is 6.54 Å². The molecule has 6 heteroatoms. The van der Waals surface area contributed by atoms with Crippen LogP contribution in [0.15, 0.2) is 18.2 Å². The fraction of sp³-hybridized carbons (Fsp3) is 0.650. The van der Waals surface area contributed by atoms with Crippen LogP contribution in [0.3, 0.4) is 0 Å². The summed E-state index contributed by atoms with van der Waals surface area (Å²) in [5.41, 5.74) is 7.34. The summed E-state index contributed by atoms with van der Waals surface area (Å²) < 4.78 is 14.0. The topological polar surface area (TPSA) is 61.6 Å². The average Bonchev–Trinajstić information content (AvgIpc) is 3.13. The molecule has 26 heavy (non-hydrogen) atoms. The van der Waals surface area contributed by atoms with E-state index in [-0.39, 0.29) is 17.8 Å². The Hall–Kier alpha value is -1.66. The molecule has 0 aromatic heterocycles. The Morgan fingerprint density at radius 3 is 2.54 bits per heavy atom. The van der Waals surface area contributed by atoms with Crippen molar-refractivity contribution < 1.29 is 9.18 Å². The zero-order valence-electron chi connectivity index (χ0n) is 15.9. The van der Waals surface area contributed by atoms with Crippen LogP contribution < -0.4 is 16.0 Å². The van der Waals surface area contributed by atoms with Gasteiger partial charge in [-0.2, -0.15) is 0 Å². The van der Waals surface area contributed by atoms with Gasteiger partial charge in [0.05, 0.1) is 11.5 Å². The molecule has 0 radical (unpaired) electrons. The summed E-state index contributed by atoms with van der Waals surface area (Å²) in [6.07, 6.45) is 3.78. The Labute approximate surface area is 155 Å². The maximum Gasteiger partial charge on any atom is 0.227 e. The minimum absolute atomic E-state index is 0.0126.